The Kier molecular flexibility index (Phi) is 7.62. The van der Waals surface area contributed by atoms with E-state index in [1.54, 1.807) is 12.7 Å². The Bertz CT molecular complexity index is 652. The van der Waals surface area contributed by atoms with Gasteiger partial charge in [-0.25, -0.2) is 0 Å². The van der Waals surface area contributed by atoms with E-state index in [2.05, 4.69) is 57.7 Å². The monoisotopic (exact) mass is 404 g/mol. The first-order valence-corrected chi connectivity index (χ1v) is 12.6. The molecule has 1 nitrogen and oxygen atoms in total. The van der Waals surface area contributed by atoms with Crippen LogP contribution >= 0.6 is 11.8 Å². The Labute approximate surface area is 179 Å². The summed E-state index contributed by atoms with van der Waals surface area (Å²) in [6, 6.07) is 6.80. The molecule has 3 aliphatic rings. The molecule has 1 aromatic rings. The molecule has 0 spiro atoms. The topological polar surface area (TPSA) is 9.23 Å². The lowest BCUT2D eigenvalue weighted by Crippen LogP contribution is -2.58. The van der Waals surface area contributed by atoms with E-state index in [0.717, 1.165) is 17.6 Å². The van der Waals surface area contributed by atoms with Crippen LogP contribution in [-0.2, 0) is 5.41 Å². The highest BCUT2D eigenvalue weighted by atomic mass is 32.2. The molecule has 1 aromatic carbocycles. The number of benzene rings is 1. The van der Waals surface area contributed by atoms with Crippen LogP contribution in [0.3, 0.4) is 0 Å². The summed E-state index contributed by atoms with van der Waals surface area (Å²) in [4.78, 5) is 1.46. The van der Waals surface area contributed by atoms with Crippen LogP contribution in [0.2, 0.25) is 0 Å². The van der Waals surface area contributed by atoms with Gasteiger partial charge in [-0.05, 0) is 71.5 Å². The van der Waals surface area contributed by atoms with Gasteiger partial charge in [0.25, 0.3) is 0 Å². The van der Waals surface area contributed by atoms with E-state index in [4.69, 9.17) is 4.74 Å². The number of rotatable bonds is 1. The Balaban J connectivity index is 0.000000660. The normalized spacial score (nSPS) is 34.9. The highest BCUT2D eigenvalue weighted by Gasteiger charge is 2.59. The van der Waals surface area contributed by atoms with E-state index in [0.29, 0.717) is 16.2 Å². The van der Waals surface area contributed by atoms with Crippen LogP contribution in [0.4, 0.5) is 0 Å². The van der Waals surface area contributed by atoms with E-state index in [1.807, 2.05) is 27.7 Å². The third kappa shape index (κ3) is 3.75. The van der Waals surface area contributed by atoms with E-state index in [-0.39, 0.29) is 0 Å². The summed E-state index contributed by atoms with van der Waals surface area (Å²) in [5.41, 5.74) is 2.94. The molecule has 1 heterocycles. The summed E-state index contributed by atoms with van der Waals surface area (Å²) < 4.78 is 5.47. The van der Waals surface area contributed by atoms with Gasteiger partial charge in [-0.2, -0.15) is 0 Å². The predicted molar refractivity (Wildman–Crippen MR) is 126 cm³/mol. The maximum atomic E-state index is 5.47. The second-order valence-corrected chi connectivity index (χ2v) is 10.6. The molecule has 4 atom stereocenters. The molecule has 2 unspecified atom stereocenters. The third-order valence-electron chi connectivity index (χ3n) is 8.00. The highest BCUT2D eigenvalue weighted by molar-refractivity contribution is 7.99. The minimum Gasteiger partial charge on any atom is -0.497 e. The lowest BCUT2D eigenvalue weighted by Gasteiger charge is -2.64. The molecule has 2 saturated carbocycles. The molecule has 1 aliphatic heterocycles. The number of ether oxygens (including phenoxy) is 1. The fourth-order valence-electron chi connectivity index (χ4n) is 6.74. The van der Waals surface area contributed by atoms with Gasteiger partial charge in [0, 0.05) is 10.6 Å². The summed E-state index contributed by atoms with van der Waals surface area (Å²) in [7, 11) is 1.77. The van der Waals surface area contributed by atoms with Crippen LogP contribution in [0, 0.1) is 22.7 Å². The lowest BCUT2D eigenvalue weighted by atomic mass is 9.43. The van der Waals surface area contributed by atoms with Crippen molar-refractivity contribution in [2.75, 3.05) is 12.9 Å². The van der Waals surface area contributed by atoms with Crippen LogP contribution in [-0.4, -0.2) is 12.9 Å². The van der Waals surface area contributed by atoms with Gasteiger partial charge in [0.05, 0.1) is 7.11 Å². The summed E-state index contributed by atoms with van der Waals surface area (Å²) in [5.74, 6) is 3.97. The summed E-state index contributed by atoms with van der Waals surface area (Å²) in [5, 5.41) is 0. The number of hydrogen-bond acceptors (Lipinski definition) is 2. The molecule has 0 saturated heterocycles. The first-order chi connectivity index (χ1) is 13.3. The van der Waals surface area contributed by atoms with Crippen LogP contribution in [0.15, 0.2) is 23.1 Å². The smallest absolute Gasteiger partial charge is 0.119 e. The molecule has 28 heavy (non-hydrogen) atoms. The van der Waals surface area contributed by atoms with Gasteiger partial charge in [0.2, 0.25) is 0 Å². The van der Waals surface area contributed by atoms with E-state index < -0.39 is 0 Å². The second kappa shape index (κ2) is 9.02. The molecule has 0 aromatic heterocycles. The minimum absolute atomic E-state index is 0.339. The van der Waals surface area contributed by atoms with Crippen molar-refractivity contribution in [1.29, 1.82) is 0 Å². The van der Waals surface area contributed by atoms with Crippen molar-refractivity contribution in [2.24, 2.45) is 22.7 Å². The predicted octanol–water partition coefficient (Wildman–Crippen LogP) is 8.35. The van der Waals surface area contributed by atoms with E-state index in [9.17, 15) is 0 Å². The zero-order chi connectivity index (χ0) is 21.2. The first-order valence-electron chi connectivity index (χ1n) is 11.6. The minimum atomic E-state index is 0.339. The van der Waals surface area contributed by atoms with Crippen molar-refractivity contribution >= 4 is 11.8 Å². The number of hydrogen-bond donors (Lipinski definition) is 0. The van der Waals surface area contributed by atoms with E-state index >= 15 is 0 Å². The molecular formula is C26H44OS. The molecule has 0 bridgehead atoms. The van der Waals surface area contributed by atoms with Gasteiger partial charge in [-0.15, -0.1) is 11.8 Å². The van der Waals surface area contributed by atoms with Crippen molar-refractivity contribution in [3.8, 4) is 5.75 Å². The van der Waals surface area contributed by atoms with Crippen LogP contribution < -0.4 is 4.74 Å². The Morgan fingerprint density at radius 1 is 0.929 bits per heavy atom. The molecule has 2 fully saturated rings. The van der Waals surface area contributed by atoms with Gasteiger partial charge in [0.15, 0.2) is 0 Å². The number of fused-ring (bicyclic) bond motifs is 5. The summed E-state index contributed by atoms with van der Waals surface area (Å²) >= 11 is 2.08. The molecule has 0 N–H and O–H groups in total. The molecular weight excluding hydrogens is 360 g/mol. The molecule has 4 rings (SSSR count). The molecule has 160 valence electrons. The molecule has 2 heteroatoms. The summed E-state index contributed by atoms with van der Waals surface area (Å²) in [6.07, 6.45) is 6.99. The molecule has 0 amide bonds. The maximum absolute atomic E-state index is 5.47. The Morgan fingerprint density at radius 2 is 1.61 bits per heavy atom. The molecule has 2 aliphatic carbocycles. The van der Waals surface area contributed by atoms with E-state index in [1.165, 1.54) is 42.8 Å². The maximum Gasteiger partial charge on any atom is 0.119 e. The van der Waals surface area contributed by atoms with Gasteiger partial charge in [-0.1, -0.05) is 67.9 Å². The largest absolute Gasteiger partial charge is 0.497 e. The average molecular weight is 405 g/mol. The first kappa shape index (κ1) is 23.6. The van der Waals surface area contributed by atoms with Crippen molar-refractivity contribution in [3.05, 3.63) is 23.8 Å². The SMILES string of the molecule is CC.CC.COc1ccc2c(c1)SCC1C3(C)CCCC(C)(C)[C@@H]3CC[C@@]21C. The van der Waals surface area contributed by atoms with Gasteiger partial charge < -0.3 is 4.74 Å². The van der Waals surface area contributed by atoms with Crippen molar-refractivity contribution in [3.63, 3.8) is 0 Å². The van der Waals surface area contributed by atoms with Gasteiger partial charge in [0.1, 0.15) is 5.75 Å². The zero-order valence-corrected chi connectivity index (χ0v) is 20.8. The fraction of sp³-hybridized carbons (Fsp3) is 0.769. The second-order valence-electron chi connectivity index (χ2n) is 9.58. The van der Waals surface area contributed by atoms with Crippen LogP contribution in [0.1, 0.15) is 93.1 Å². The van der Waals surface area contributed by atoms with Gasteiger partial charge >= 0.3 is 0 Å². The molecule has 0 radical (unpaired) electrons. The number of thioether (sulfide) groups is 1. The van der Waals surface area contributed by atoms with Gasteiger partial charge in [-0.3, -0.25) is 0 Å². The summed E-state index contributed by atoms with van der Waals surface area (Å²) in [6.45, 7) is 18.3. The Morgan fingerprint density at radius 3 is 2.25 bits per heavy atom. The lowest BCUT2D eigenvalue weighted by molar-refractivity contribution is -0.0973. The average Bonchev–Trinajstić information content (AvgIpc) is 2.69. The number of methoxy groups -OCH3 is 1. The van der Waals surface area contributed by atoms with Crippen molar-refractivity contribution < 1.29 is 4.74 Å². The standard InChI is InChI=1S/C22H32OS.2C2H6/c1-20(2)10-6-11-22(4)18(20)9-12-21(3)16-8-7-15(23-5)13-17(16)24-14-19(21)22;2*1-2/h7-8,13,18-19H,6,9-12,14H2,1-5H3;2*1-2H3/t18-,19?,21-,22?;;/m0../s1. The van der Waals surface area contributed by atoms with Crippen LogP contribution in [0.5, 0.6) is 5.75 Å². The zero-order valence-electron chi connectivity index (χ0n) is 19.9. The van der Waals surface area contributed by atoms with Crippen molar-refractivity contribution in [2.45, 2.75) is 97.8 Å². The fourth-order valence-corrected chi connectivity index (χ4v) is 8.49. The quantitative estimate of drug-likeness (QED) is 0.465. The van der Waals surface area contributed by atoms with Crippen molar-refractivity contribution in [1.82, 2.24) is 0 Å². The highest BCUT2D eigenvalue weighted by Crippen LogP contribution is 2.67. The third-order valence-corrected chi connectivity index (χ3v) is 9.15. The Hall–Kier alpha value is -0.630. The van der Waals surface area contributed by atoms with Crippen LogP contribution in [0.25, 0.3) is 0 Å².